The summed E-state index contributed by atoms with van der Waals surface area (Å²) in [6, 6.07) is 1.81. The first-order chi connectivity index (χ1) is 9.72. The minimum Gasteiger partial charge on any atom is -0.477 e. The lowest BCUT2D eigenvalue weighted by Crippen LogP contribution is -2.21. The molecule has 1 aliphatic heterocycles. The fourth-order valence-electron chi connectivity index (χ4n) is 2.35. The van der Waals surface area contributed by atoms with Crippen molar-refractivity contribution in [3.63, 3.8) is 0 Å². The second-order valence-corrected chi connectivity index (χ2v) is 5.06. The molecular formula is C14H18N4O2. The summed E-state index contributed by atoms with van der Waals surface area (Å²) in [6.07, 6.45) is 3.76. The number of nitrogens with two attached hydrogens (primary N) is 1. The zero-order chi connectivity index (χ0) is 13.9. The molecule has 2 N–H and O–H groups in total. The third kappa shape index (κ3) is 2.80. The molecule has 6 nitrogen and oxygen atoms in total. The van der Waals surface area contributed by atoms with Crippen molar-refractivity contribution in [1.82, 2.24) is 15.0 Å². The maximum Gasteiger partial charge on any atom is 0.214 e. The van der Waals surface area contributed by atoms with E-state index >= 15 is 0 Å². The summed E-state index contributed by atoms with van der Waals surface area (Å²) in [4.78, 5) is 12.7. The Bertz CT molecular complexity index is 611. The molecule has 0 bridgehead atoms. The monoisotopic (exact) mass is 274 g/mol. The maximum atomic E-state index is 5.91. The van der Waals surface area contributed by atoms with Gasteiger partial charge in [-0.2, -0.15) is 0 Å². The largest absolute Gasteiger partial charge is 0.477 e. The van der Waals surface area contributed by atoms with Gasteiger partial charge in [0.05, 0.1) is 18.3 Å². The van der Waals surface area contributed by atoms with Gasteiger partial charge in [0.25, 0.3) is 0 Å². The molecule has 0 radical (unpaired) electrons. The van der Waals surface area contributed by atoms with Gasteiger partial charge in [0.1, 0.15) is 11.6 Å². The highest BCUT2D eigenvalue weighted by Crippen LogP contribution is 2.22. The molecule has 3 heterocycles. The van der Waals surface area contributed by atoms with Gasteiger partial charge in [-0.05, 0) is 25.7 Å². The Morgan fingerprint density at radius 1 is 1.35 bits per heavy atom. The van der Waals surface area contributed by atoms with Crippen LogP contribution in [0.5, 0.6) is 5.88 Å². The van der Waals surface area contributed by atoms with E-state index in [1.54, 1.807) is 6.20 Å². The number of rotatable bonds is 3. The highest BCUT2D eigenvalue weighted by Gasteiger charge is 2.15. The van der Waals surface area contributed by atoms with Crippen LogP contribution in [0.15, 0.2) is 12.3 Å². The van der Waals surface area contributed by atoms with Crippen molar-refractivity contribution in [1.29, 1.82) is 0 Å². The Kier molecular flexibility index (Phi) is 3.64. The highest BCUT2D eigenvalue weighted by atomic mass is 16.5. The molecule has 20 heavy (non-hydrogen) atoms. The van der Waals surface area contributed by atoms with Crippen LogP contribution in [-0.2, 0) is 4.74 Å². The van der Waals surface area contributed by atoms with E-state index in [-0.39, 0.29) is 0 Å². The van der Waals surface area contributed by atoms with Gasteiger partial charge in [-0.3, -0.25) is 0 Å². The number of pyridine rings is 1. The Labute approximate surface area is 117 Å². The van der Waals surface area contributed by atoms with Crippen molar-refractivity contribution in [3.8, 4) is 5.88 Å². The highest BCUT2D eigenvalue weighted by molar-refractivity contribution is 5.88. The topological polar surface area (TPSA) is 83.2 Å². The molecule has 6 heteroatoms. The van der Waals surface area contributed by atoms with E-state index in [1.165, 1.54) is 0 Å². The van der Waals surface area contributed by atoms with Crippen LogP contribution in [0.4, 0.5) is 5.82 Å². The number of ether oxygens (including phenoxy) is 2. The van der Waals surface area contributed by atoms with E-state index < -0.39 is 0 Å². The fourth-order valence-corrected chi connectivity index (χ4v) is 2.35. The molecule has 106 valence electrons. The van der Waals surface area contributed by atoms with E-state index in [0.29, 0.717) is 30.0 Å². The Hall–Kier alpha value is -1.95. The summed E-state index contributed by atoms with van der Waals surface area (Å²) in [5.74, 6) is 2.22. The van der Waals surface area contributed by atoms with E-state index in [2.05, 4.69) is 15.0 Å². The van der Waals surface area contributed by atoms with Gasteiger partial charge in [-0.15, -0.1) is 0 Å². The maximum absolute atomic E-state index is 5.91. The Morgan fingerprint density at radius 2 is 2.15 bits per heavy atom. The molecule has 1 fully saturated rings. The van der Waals surface area contributed by atoms with E-state index in [9.17, 15) is 0 Å². The molecule has 0 unspecified atom stereocenters. The first-order valence-corrected chi connectivity index (χ1v) is 6.83. The molecule has 2 aromatic rings. The van der Waals surface area contributed by atoms with Crippen LogP contribution in [0.25, 0.3) is 10.9 Å². The first kappa shape index (κ1) is 13.1. The standard InChI is InChI=1S/C14H18N4O2/c1-9-17-12-7-16-13(6-11(12)14(15)18-9)20-8-10-2-4-19-5-3-10/h6-7,10H,2-5,8H2,1H3,(H2,15,17,18). The number of nitrogens with zero attached hydrogens (tertiary/aromatic N) is 3. The van der Waals surface area contributed by atoms with Crippen LogP contribution in [0.3, 0.4) is 0 Å². The van der Waals surface area contributed by atoms with Gasteiger partial charge in [0.15, 0.2) is 0 Å². The van der Waals surface area contributed by atoms with Gasteiger partial charge in [-0.25, -0.2) is 15.0 Å². The van der Waals surface area contributed by atoms with Crippen LogP contribution < -0.4 is 10.5 Å². The zero-order valence-corrected chi connectivity index (χ0v) is 11.5. The van der Waals surface area contributed by atoms with Crippen molar-refractivity contribution in [2.24, 2.45) is 5.92 Å². The van der Waals surface area contributed by atoms with Crippen molar-refractivity contribution in [3.05, 3.63) is 18.1 Å². The predicted molar refractivity (Wildman–Crippen MR) is 75.5 cm³/mol. The summed E-state index contributed by atoms with van der Waals surface area (Å²) >= 11 is 0. The average molecular weight is 274 g/mol. The Morgan fingerprint density at radius 3 is 2.95 bits per heavy atom. The van der Waals surface area contributed by atoms with Crippen molar-refractivity contribution in [2.75, 3.05) is 25.6 Å². The number of aromatic nitrogens is 3. The van der Waals surface area contributed by atoms with E-state index in [1.807, 2.05) is 13.0 Å². The lowest BCUT2D eigenvalue weighted by Gasteiger charge is -2.21. The van der Waals surface area contributed by atoms with Crippen LogP contribution in [0, 0.1) is 12.8 Å². The van der Waals surface area contributed by atoms with Crippen molar-refractivity contribution >= 4 is 16.7 Å². The summed E-state index contributed by atoms with van der Waals surface area (Å²) in [6.45, 7) is 4.11. The average Bonchev–Trinajstić information content (AvgIpc) is 2.46. The normalized spacial score (nSPS) is 16.4. The third-order valence-electron chi connectivity index (χ3n) is 3.51. The number of anilines is 1. The number of hydrogen-bond acceptors (Lipinski definition) is 6. The number of hydrogen-bond donors (Lipinski definition) is 1. The first-order valence-electron chi connectivity index (χ1n) is 6.83. The molecule has 0 amide bonds. The SMILES string of the molecule is Cc1nc(N)c2cc(OCC3CCOCC3)ncc2n1. The molecular weight excluding hydrogens is 256 g/mol. The molecule has 0 spiro atoms. The van der Waals surface area contributed by atoms with E-state index in [0.717, 1.165) is 37.0 Å². The summed E-state index contributed by atoms with van der Waals surface area (Å²) in [5, 5.41) is 0.785. The molecule has 3 rings (SSSR count). The van der Waals surface area contributed by atoms with E-state index in [4.69, 9.17) is 15.2 Å². The van der Waals surface area contributed by atoms with Crippen molar-refractivity contribution < 1.29 is 9.47 Å². The molecule has 1 aliphatic rings. The lowest BCUT2D eigenvalue weighted by molar-refractivity contribution is 0.0491. The third-order valence-corrected chi connectivity index (χ3v) is 3.51. The quantitative estimate of drug-likeness (QED) is 0.917. The molecule has 0 aliphatic carbocycles. The summed E-state index contributed by atoms with van der Waals surface area (Å²) < 4.78 is 11.1. The Balaban J connectivity index is 1.75. The van der Waals surface area contributed by atoms with Gasteiger partial charge >= 0.3 is 0 Å². The summed E-state index contributed by atoms with van der Waals surface area (Å²) in [7, 11) is 0. The van der Waals surface area contributed by atoms with Crippen LogP contribution in [-0.4, -0.2) is 34.8 Å². The molecule has 1 saturated heterocycles. The fraction of sp³-hybridized carbons (Fsp3) is 0.500. The number of nitrogen functional groups attached to an aromatic ring is 1. The zero-order valence-electron chi connectivity index (χ0n) is 11.5. The second kappa shape index (κ2) is 5.58. The smallest absolute Gasteiger partial charge is 0.214 e. The van der Waals surface area contributed by atoms with Crippen molar-refractivity contribution in [2.45, 2.75) is 19.8 Å². The molecule has 0 aromatic carbocycles. The van der Waals surface area contributed by atoms with Gasteiger partial charge in [0, 0.05) is 24.7 Å². The predicted octanol–water partition coefficient (Wildman–Crippen LogP) is 1.72. The van der Waals surface area contributed by atoms with Gasteiger partial charge in [0.2, 0.25) is 5.88 Å². The van der Waals surface area contributed by atoms with Crippen LogP contribution in [0.2, 0.25) is 0 Å². The van der Waals surface area contributed by atoms with Gasteiger partial charge < -0.3 is 15.2 Å². The molecule has 2 aromatic heterocycles. The second-order valence-electron chi connectivity index (χ2n) is 5.06. The minimum absolute atomic E-state index is 0.464. The molecule has 0 atom stereocenters. The minimum atomic E-state index is 0.464. The summed E-state index contributed by atoms with van der Waals surface area (Å²) in [5.41, 5.74) is 6.66. The van der Waals surface area contributed by atoms with Crippen LogP contribution in [0.1, 0.15) is 18.7 Å². The number of aryl methyl sites for hydroxylation is 1. The van der Waals surface area contributed by atoms with Gasteiger partial charge in [-0.1, -0.05) is 0 Å². The lowest BCUT2D eigenvalue weighted by atomic mass is 10.0. The molecule has 0 saturated carbocycles. The van der Waals surface area contributed by atoms with Crippen LogP contribution >= 0.6 is 0 Å². The number of fused-ring (bicyclic) bond motifs is 1.